The number of aryl methyl sites for hydroxylation is 1. The van der Waals surface area contributed by atoms with Gasteiger partial charge in [-0.05, 0) is 25.1 Å². The van der Waals surface area contributed by atoms with Crippen LogP contribution in [0.15, 0.2) is 30.3 Å². The fourth-order valence-electron chi connectivity index (χ4n) is 1.62. The quantitative estimate of drug-likeness (QED) is 0.919. The number of carboxylic acids is 1. The first-order valence-corrected chi connectivity index (χ1v) is 5.54. The van der Waals surface area contributed by atoms with Crippen molar-refractivity contribution in [2.45, 2.75) is 13.1 Å². The Morgan fingerprint density at radius 1 is 1.15 bits per heavy atom. The van der Waals surface area contributed by atoms with Crippen molar-refractivity contribution < 1.29 is 23.1 Å². The minimum absolute atomic E-state index is 0.0797. The van der Waals surface area contributed by atoms with Gasteiger partial charge in [0, 0.05) is 11.3 Å². The molecule has 1 heterocycles. The zero-order chi connectivity index (χ0) is 14.9. The molecule has 0 unspecified atom stereocenters. The zero-order valence-corrected chi connectivity index (χ0v) is 10.3. The van der Waals surface area contributed by atoms with Gasteiger partial charge >= 0.3 is 12.1 Å². The van der Waals surface area contributed by atoms with Crippen molar-refractivity contribution in [1.82, 2.24) is 9.97 Å². The summed E-state index contributed by atoms with van der Waals surface area (Å²) in [5.74, 6) is -1.14. The molecule has 0 radical (unpaired) electrons. The molecule has 104 valence electrons. The van der Waals surface area contributed by atoms with Crippen molar-refractivity contribution in [3.05, 3.63) is 47.3 Å². The Bertz CT molecular complexity index is 652. The van der Waals surface area contributed by atoms with E-state index < -0.39 is 17.7 Å². The average Bonchev–Trinajstić information content (AvgIpc) is 2.37. The van der Waals surface area contributed by atoms with Crippen LogP contribution in [0, 0.1) is 6.92 Å². The predicted octanol–water partition coefficient (Wildman–Crippen LogP) is 3.17. The number of aromatic nitrogens is 2. The van der Waals surface area contributed by atoms with Gasteiger partial charge in [0.15, 0.2) is 11.5 Å². The maximum Gasteiger partial charge on any atom is 0.416 e. The number of nitrogens with zero attached hydrogens (tertiary/aromatic N) is 2. The lowest BCUT2D eigenvalue weighted by atomic mass is 10.1. The summed E-state index contributed by atoms with van der Waals surface area (Å²) in [5, 5.41) is 8.89. The van der Waals surface area contributed by atoms with Crippen molar-refractivity contribution in [3.8, 4) is 11.4 Å². The van der Waals surface area contributed by atoms with Crippen LogP contribution in [-0.2, 0) is 6.18 Å². The van der Waals surface area contributed by atoms with Crippen LogP contribution in [0.2, 0.25) is 0 Å². The second-order valence-electron chi connectivity index (χ2n) is 4.10. The van der Waals surface area contributed by atoms with Gasteiger partial charge in [0.25, 0.3) is 0 Å². The van der Waals surface area contributed by atoms with Gasteiger partial charge in [-0.25, -0.2) is 14.8 Å². The molecule has 0 amide bonds. The molecule has 1 aromatic heterocycles. The van der Waals surface area contributed by atoms with Gasteiger partial charge in [-0.2, -0.15) is 13.2 Å². The summed E-state index contributed by atoms with van der Waals surface area (Å²) in [6, 6.07) is 5.52. The SMILES string of the molecule is Cc1cc(C(=O)O)nc(-c2ccc(C(F)(F)F)cc2)n1. The molecule has 0 saturated heterocycles. The highest BCUT2D eigenvalue weighted by Crippen LogP contribution is 2.30. The number of carboxylic acid groups (broad SMARTS) is 1. The number of benzene rings is 1. The first-order chi connectivity index (χ1) is 9.27. The molecule has 0 fully saturated rings. The van der Waals surface area contributed by atoms with E-state index in [9.17, 15) is 18.0 Å². The number of hydrogen-bond donors (Lipinski definition) is 1. The average molecular weight is 282 g/mol. The van der Waals surface area contributed by atoms with E-state index in [1.165, 1.54) is 18.2 Å². The lowest BCUT2D eigenvalue weighted by Crippen LogP contribution is -2.06. The summed E-state index contributed by atoms with van der Waals surface area (Å²) in [4.78, 5) is 18.7. The van der Waals surface area contributed by atoms with Crippen LogP contribution in [0.5, 0.6) is 0 Å². The lowest BCUT2D eigenvalue weighted by Gasteiger charge is -2.07. The molecule has 1 aromatic carbocycles. The third-order valence-corrected chi connectivity index (χ3v) is 2.54. The van der Waals surface area contributed by atoms with Crippen LogP contribution < -0.4 is 0 Å². The van der Waals surface area contributed by atoms with E-state index >= 15 is 0 Å². The van der Waals surface area contributed by atoms with Crippen LogP contribution in [0.25, 0.3) is 11.4 Å². The van der Waals surface area contributed by atoms with Gasteiger partial charge in [0.05, 0.1) is 5.56 Å². The molecule has 7 heteroatoms. The van der Waals surface area contributed by atoms with Crippen LogP contribution in [-0.4, -0.2) is 21.0 Å². The summed E-state index contributed by atoms with van der Waals surface area (Å²) >= 11 is 0. The second-order valence-corrected chi connectivity index (χ2v) is 4.10. The first kappa shape index (κ1) is 14.0. The molecule has 0 bridgehead atoms. The van der Waals surface area contributed by atoms with Gasteiger partial charge in [-0.3, -0.25) is 0 Å². The van der Waals surface area contributed by atoms with Gasteiger partial charge in [0.1, 0.15) is 0 Å². The number of rotatable bonds is 2. The van der Waals surface area contributed by atoms with Gasteiger partial charge in [0.2, 0.25) is 0 Å². The molecule has 4 nitrogen and oxygen atoms in total. The van der Waals surface area contributed by atoms with Crippen LogP contribution in [0.1, 0.15) is 21.7 Å². The minimum atomic E-state index is -4.42. The highest BCUT2D eigenvalue weighted by molar-refractivity contribution is 5.86. The van der Waals surface area contributed by atoms with Crippen LogP contribution in [0.3, 0.4) is 0 Å². The van der Waals surface area contributed by atoms with E-state index in [0.717, 1.165) is 12.1 Å². The molecule has 0 aliphatic heterocycles. The Morgan fingerprint density at radius 2 is 1.75 bits per heavy atom. The molecule has 0 saturated carbocycles. The largest absolute Gasteiger partial charge is 0.477 e. The molecule has 0 aliphatic carbocycles. The third kappa shape index (κ3) is 2.93. The maximum absolute atomic E-state index is 12.4. The van der Waals surface area contributed by atoms with E-state index in [-0.39, 0.29) is 11.5 Å². The van der Waals surface area contributed by atoms with E-state index in [0.29, 0.717) is 11.3 Å². The number of alkyl halides is 3. The second kappa shape index (κ2) is 4.92. The molecule has 0 aliphatic rings. The Hall–Kier alpha value is -2.44. The molecule has 2 rings (SSSR count). The smallest absolute Gasteiger partial charge is 0.416 e. The highest BCUT2D eigenvalue weighted by Gasteiger charge is 2.30. The Morgan fingerprint density at radius 3 is 2.25 bits per heavy atom. The summed E-state index contributed by atoms with van der Waals surface area (Å²) in [6.07, 6.45) is -4.42. The summed E-state index contributed by atoms with van der Waals surface area (Å²) in [7, 11) is 0. The third-order valence-electron chi connectivity index (χ3n) is 2.54. The number of hydrogen-bond acceptors (Lipinski definition) is 3. The van der Waals surface area contributed by atoms with E-state index in [4.69, 9.17) is 5.11 Å². The molecule has 2 aromatic rings. The molecule has 20 heavy (non-hydrogen) atoms. The minimum Gasteiger partial charge on any atom is -0.477 e. The summed E-state index contributed by atoms with van der Waals surface area (Å²) in [5.41, 5.74) is -0.240. The summed E-state index contributed by atoms with van der Waals surface area (Å²) < 4.78 is 37.3. The lowest BCUT2D eigenvalue weighted by molar-refractivity contribution is -0.137. The van der Waals surface area contributed by atoms with Crippen molar-refractivity contribution in [2.75, 3.05) is 0 Å². The van der Waals surface area contributed by atoms with E-state index in [2.05, 4.69) is 9.97 Å². The van der Waals surface area contributed by atoms with Crippen molar-refractivity contribution in [3.63, 3.8) is 0 Å². The molecule has 0 atom stereocenters. The van der Waals surface area contributed by atoms with Crippen molar-refractivity contribution >= 4 is 5.97 Å². The van der Waals surface area contributed by atoms with Gasteiger partial charge < -0.3 is 5.11 Å². The Balaban J connectivity index is 2.44. The van der Waals surface area contributed by atoms with Crippen molar-refractivity contribution in [1.29, 1.82) is 0 Å². The maximum atomic E-state index is 12.4. The number of carbonyl (C=O) groups is 1. The fourth-order valence-corrected chi connectivity index (χ4v) is 1.62. The Labute approximate surface area is 111 Å². The van der Waals surface area contributed by atoms with Crippen molar-refractivity contribution in [2.24, 2.45) is 0 Å². The monoisotopic (exact) mass is 282 g/mol. The van der Waals surface area contributed by atoms with E-state index in [1.807, 2.05) is 0 Å². The molecule has 1 N–H and O–H groups in total. The fraction of sp³-hybridized carbons (Fsp3) is 0.154. The zero-order valence-electron chi connectivity index (χ0n) is 10.3. The Kier molecular flexibility index (Phi) is 3.44. The number of aromatic carboxylic acids is 1. The molecular weight excluding hydrogens is 273 g/mol. The first-order valence-electron chi connectivity index (χ1n) is 5.54. The van der Waals surface area contributed by atoms with E-state index in [1.54, 1.807) is 6.92 Å². The number of halogens is 3. The van der Waals surface area contributed by atoms with Crippen LogP contribution >= 0.6 is 0 Å². The topological polar surface area (TPSA) is 63.1 Å². The predicted molar refractivity (Wildman–Crippen MR) is 64.2 cm³/mol. The van der Waals surface area contributed by atoms with Gasteiger partial charge in [-0.15, -0.1) is 0 Å². The summed E-state index contributed by atoms with van der Waals surface area (Å²) in [6.45, 7) is 1.59. The molecule has 0 spiro atoms. The standard InChI is InChI=1S/C13H9F3N2O2/c1-7-6-10(12(19)20)18-11(17-7)8-2-4-9(5-3-8)13(14,15)16/h2-6H,1H3,(H,19,20). The highest BCUT2D eigenvalue weighted by atomic mass is 19.4. The van der Waals surface area contributed by atoms with Gasteiger partial charge in [-0.1, -0.05) is 12.1 Å². The van der Waals surface area contributed by atoms with Crippen LogP contribution in [0.4, 0.5) is 13.2 Å². The molecular formula is C13H9F3N2O2. The normalized spacial score (nSPS) is 11.4.